The van der Waals surface area contributed by atoms with E-state index in [2.05, 4.69) is 9.55 Å². The Bertz CT molecular complexity index is 316. The van der Waals surface area contributed by atoms with Crippen LogP contribution in [0.15, 0.2) is 12.5 Å². The maximum absolute atomic E-state index is 6.12. The standard InChI is InChI=1S/C12H21N3/c1-12(2,13)11-7-14-9-15(11)8-10-5-3-4-6-10/h7,9-10H,3-6,8,13H2,1-2H3. The van der Waals surface area contributed by atoms with Crippen LogP contribution in [0.25, 0.3) is 0 Å². The largest absolute Gasteiger partial charge is 0.333 e. The summed E-state index contributed by atoms with van der Waals surface area (Å²) in [5, 5.41) is 0. The molecule has 3 nitrogen and oxygen atoms in total. The third kappa shape index (κ3) is 2.40. The van der Waals surface area contributed by atoms with E-state index in [4.69, 9.17) is 5.73 Å². The zero-order valence-electron chi connectivity index (χ0n) is 9.74. The van der Waals surface area contributed by atoms with Crippen LogP contribution in [-0.2, 0) is 12.1 Å². The van der Waals surface area contributed by atoms with E-state index in [-0.39, 0.29) is 5.54 Å². The first-order valence-corrected chi connectivity index (χ1v) is 5.87. The Hall–Kier alpha value is -0.830. The molecule has 1 aliphatic carbocycles. The van der Waals surface area contributed by atoms with Gasteiger partial charge in [-0.05, 0) is 32.6 Å². The Labute approximate surface area is 91.7 Å². The SMILES string of the molecule is CC(C)(N)c1cncn1CC1CCCC1. The lowest BCUT2D eigenvalue weighted by molar-refractivity contribution is 0.416. The van der Waals surface area contributed by atoms with Crippen LogP contribution in [0.2, 0.25) is 0 Å². The molecule has 0 saturated heterocycles. The van der Waals surface area contributed by atoms with Crippen molar-refractivity contribution in [1.29, 1.82) is 0 Å². The molecule has 0 radical (unpaired) electrons. The predicted molar refractivity (Wildman–Crippen MR) is 61.4 cm³/mol. The molecule has 3 heteroatoms. The highest BCUT2D eigenvalue weighted by molar-refractivity contribution is 5.09. The van der Waals surface area contributed by atoms with Crippen molar-refractivity contribution >= 4 is 0 Å². The molecule has 1 aliphatic rings. The van der Waals surface area contributed by atoms with Crippen LogP contribution in [0.5, 0.6) is 0 Å². The summed E-state index contributed by atoms with van der Waals surface area (Å²) in [6, 6.07) is 0. The number of nitrogens with zero attached hydrogens (tertiary/aromatic N) is 2. The van der Waals surface area contributed by atoms with Crippen LogP contribution in [-0.4, -0.2) is 9.55 Å². The van der Waals surface area contributed by atoms with E-state index in [0.717, 1.165) is 18.2 Å². The number of nitrogens with two attached hydrogens (primary N) is 1. The van der Waals surface area contributed by atoms with Gasteiger partial charge >= 0.3 is 0 Å². The summed E-state index contributed by atoms with van der Waals surface area (Å²) in [4.78, 5) is 4.21. The van der Waals surface area contributed by atoms with Crippen LogP contribution in [0, 0.1) is 5.92 Å². The van der Waals surface area contributed by atoms with Crippen LogP contribution in [0.4, 0.5) is 0 Å². The number of rotatable bonds is 3. The molecule has 84 valence electrons. The minimum atomic E-state index is -0.283. The maximum atomic E-state index is 6.12. The minimum absolute atomic E-state index is 0.283. The molecule has 1 aromatic heterocycles. The molecular formula is C12H21N3. The number of hydrogen-bond donors (Lipinski definition) is 1. The number of aromatic nitrogens is 2. The number of hydrogen-bond acceptors (Lipinski definition) is 2. The van der Waals surface area contributed by atoms with E-state index in [1.165, 1.54) is 25.7 Å². The van der Waals surface area contributed by atoms with Gasteiger partial charge in [-0.2, -0.15) is 0 Å². The maximum Gasteiger partial charge on any atom is 0.0948 e. The Morgan fingerprint density at radius 1 is 1.47 bits per heavy atom. The van der Waals surface area contributed by atoms with Crippen molar-refractivity contribution in [2.45, 2.75) is 51.6 Å². The van der Waals surface area contributed by atoms with Crippen LogP contribution in [0.3, 0.4) is 0 Å². The summed E-state index contributed by atoms with van der Waals surface area (Å²) in [6.07, 6.45) is 9.32. The lowest BCUT2D eigenvalue weighted by Gasteiger charge is -2.22. The van der Waals surface area contributed by atoms with Gasteiger partial charge in [0, 0.05) is 12.7 Å². The summed E-state index contributed by atoms with van der Waals surface area (Å²) >= 11 is 0. The van der Waals surface area contributed by atoms with Crippen molar-refractivity contribution in [3.05, 3.63) is 18.2 Å². The highest BCUT2D eigenvalue weighted by Gasteiger charge is 2.22. The van der Waals surface area contributed by atoms with Gasteiger partial charge in [0.2, 0.25) is 0 Å². The molecule has 0 aliphatic heterocycles. The quantitative estimate of drug-likeness (QED) is 0.826. The van der Waals surface area contributed by atoms with Gasteiger partial charge in [0.1, 0.15) is 0 Å². The molecule has 0 bridgehead atoms. The average Bonchev–Trinajstić information content (AvgIpc) is 2.73. The molecule has 0 amide bonds. The molecule has 0 unspecified atom stereocenters. The van der Waals surface area contributed by atoms with E-state index in [0.29, 0.717) is 0 Å². The molecule has 2 rings (SSSR count). The van der Waals surface area contributed by atoms with Crippen molar-refractivity contribution in [1.82, 2.24) is 9.55 Å². The molecular weight excluding hydrogens is 186 g/mol. The zero-order chi connectivity index (χ0) is 10.9. The molecule has 2 N–H and O–H groups in total. The first kappa shape index (κ1) is 10.7. The smallest absolute Gasteiger partial charge is 0.0948 e. The minimum Gasteiger partial charge on any atom is -0.333 e. The van der Waals surface area contributed by atoms with E-state index < -0.39 is 0 Å². The van der Waals surface area contributed by atoms with E-state index >= 15 is 0 Å². The molecule has 1 saturated carbocycles. The third-order valence-electron chi connectivity index (χ3n) is 3.30. The molecule has 1 heterocycles. The van der Waals surface area contributed by atoms with Crippen LogP contribution in [0.1, 0.15) is 45.2 Å². The molecule has 0 atom stereocenters. The fraction of sp³-hybridized carbons (Fsp3) is 0.750. The van der Waals surface area contributed by atoms with Crippen molar-refractivity contribution in [3.63, 3.8) is 0 Å². The first-order valence-electron chi connectivity index (χ1n) is 5.87. The predicted octanol–water partition coefficient (Wildman–Crippen LogP) is 2.27. The fourth-order valence-electron chi connectivity index (χ4n) is 2.47. The first-order chi connectivity index (χ1) is 7.07. The van der Waals surface area contributed by atoms with Gasteiger partial charge in [-0.3, -0.25) is 0 Å². The van der Waals surface area contributed by atoms with Gasteiger partial charge in [-0.25, -0.2) is 4.98 Å². The highest BCUT2D eigenvalue weighted by atomic mass is 15.1. The lowest BCUT2D eigenvalue weighted by atomic mass is 10.0. The normalized spacial score (nSPS) is 18.6. The summed E-state index contributed by atoms with van der Waals surface area (Å²) in [5.74, 6) is 0.834. The van der Waals surface area contributed by atoms with E-state index in [1.807, 2.05) is 26.4 Å². The summed E-state index contributed by atoms with van der Waals surface area (Å²) in [5.41, 5.74) is 6.98. The highest BCUT2D eigenvalue weighted by Crippen LogP contribution is 2.27. The van der Waals surface area contributed by atoms with Crippen molar-refractivity contribution in [2.24, 2.45) is 11.7 Å². The molecule has 0 aromatic carbocycles. The van der Waals surface area contributed by atoms with Crippen LogP contribution < -0.4 is 5.73 Å². The van der Waals surface area contributed by atoms with Crippen molar-refractivity contribution in [2.75, 3.05) is 0 Å². The van der Waals surface area contributed by atoms with Gasteiger partial charge < -0.3 is 10.3 Å². The summed E-state index contributed by atoms with van der Waals surface area (Å²) < 4.78 is 2.23. The molecule has 0 spiro atoms. The fourth-order valence-corrected chi connectivity index (χ4v) is 2.47. The van der Waals surface area contributed by atoms with E-state index in [1.54, 1.807) is 0 Å². The van der Waals surface area contributed by atoms with Crippen LogP contribution >= 0.6 is 0 Å². The molecule has 1 aromatic rings. The topological polar surface area (TPSA) is 43.8 Å². The van der Waals surface area contributed by atoms with Gasteiger partial charge in [-0.1, -0.05) is 12.8 Å². The second-order valence-corrected chi connectivity index (χ2v) is 5.30. The molecule has 1 fully saturated rings. The zero-order valence-corrected chi connectivity index (χ0v) is 9.74. The lowest BCUT2D eigenvalue weighted by Crippen LogP contribution is -2.32. The van der Waals surface area contributed by atoms with Crippen molar-refractivity contribution in [3.8, 4) is 0 Å². The average molecular weight is 207 g/mol. The molecule has 15 heavy (non-hydrogen) atoms. The Kier molecular flexibility index (Phi) is 2.83. The van der Waals surface area contributed by atoms with Gasteiger partial charge in [-0.15, -0.1) is 0 Å². The monoisotopic (exact) mass is 207 g/mol. The van der Waals surface area contributed by atoms with E-state index in [9.17, 15) is 0 Å². The number of imidazole rings is 1. The summed E-state index contributed by atoms with van der Waals surface area (Å²) in [6.45, 7) is 5.17. The van der Waals surface area contributed by atoms with Gasteiger partial charge in [0.15, 0.2) is 0 Å². The van der Waals surface area contributed by atoms with Gasteiger partial charge in [0.05, 0.1) is 17.6 Å². The Balaban J connectivity index is 2.11. The Morgan fingerprint density at radius 2 is 2.13 bits per heavy atom. The summed E-state index contributed by atoms with van der Waals surface area (Å²) in [7, 11) is 0. The Morgan fingerprint density at radius 3 is 2.73 bits per heavy atom. The van der Waals surface area contributed by atoms with Gasteiger partial charge in [0.25, 0.3) is 0 Å². The second kappa shape index (κ2) is 3.97. The third-order valence-corrected chi connectivity index (χ3v) is 3.30. The second-order valence-electron chi connectivity index (χ2n) is 5.30. The van der Waals surface area contributed by atoms with Crippen molar-refractivity contribution < 1.29 is 0 Å².